The number of carbonyl (C=O) groups is 1. The van der Waals surface area contributed by atoms with Gasteiger partial charge in [-0.1, -0.05) is 51.1 Å². The predicted octanol–water partition coefficient (Wildman–Crippen LogP) is 3.60. The van der Waals surface area contributed by atoms with Gasteiger partial charge in [-0.25, -0.2) is 4.98 Å². The number of aliphatic hydroxyl groups is 2. The van der Waals surface area contributed by atoms with E-state index in [2.05, 4.69) is 78.4 Å². The molecule has 8 N–H and O–H groups in total. The summed E-state index contributed by atoms with van der Waals surface area (Å²) < 4.78 is 6.58. The van der Waals surface area contributed by atoms with Crippen molar-refractivity contribution in [1.82, 2.24) is 25.1 Å². The molecular formula is C41H54N8O4. The minimum atomic E-state index is -0.917. The largest absolute Gasteiger partial charge is 0.493 e. The number of nitrogens with one attached hydrogen (secondary N) is 2. The van der Waals surface area contributed by atoms with Crippen LogP contribution in [0.15, 0.2) is 47.6 Å². The summed E-state index contributed by atoms with van der Waals surface area (Å²) in [6, 6.07) is 11.9. The first-order chi connectivity index (χ1) is 25.6. The van der Waals surface area contributed by atoms with Crippen molar-refractivity contribution < 1.29 is 19.7 Å². The quantitative estimate of drug-likeness (QED) is 0.193. The first-order valence-corrected chi connectivity index (χ1v) is 19.4. The smallest absolute Gasteiger partial charge is 0.242 e. The van der Waals surface area contributed by atoms with Crippen LogP contribution in [0.2, 0.25) is 0 Å². The van der Waals surface area contributed by atoms with Crippen LogP contribution < -0.4 is 21.5 Å². The molecule has 0 spiro atoms. The molecule has 2 bridgehead atoms. The van der Waals surface area contributed by atoms with E-state index >= 15 is 0 Å². The Kier molecular flexibility index (Phi) is 10.0. The maximum atomic E-state index is 12.8. The Labute approximate surface area is 311 Å². The van der Waals surface area contributed by atoms with Crippen molar-refractivity contribution in [2.75, 3.05) is 32.8 Å². The van der Waals surface area contributed by atoms with Gasteiger partial charge in [0.25, 0.3) is 0 Å². The lowest BCUT2D eigenvalue weighted by molar-refractivity contribution is -0.134. The van der Waals surface area contributed by atoms with Crippen LogP contribution in [0.1, 0.15) is 92.9 Å². The molecular weight excluding hydrogens is 669 g/mol. The zero-order valence-electron chi connectivity index (χ0n) is 31.0. The number of likely N-dealkylation sites (tertiary alicyclic amines) is 2. The number of aliphatic imine (C=N–C) groups is 1. The molecule has 2 saturated heterocycles. The Morgan fingerprint density at radius 2 is 1.91 bits per heavy atom. The van der Waals surface area contributed by atoms with Gasteiger partial charge in [0.2, 0.25) is 5.91 Å². The molecule has 8 unspecified atom stereocenters. The standard InChI is InChI=1S/C41H54N8O4/c1-22(2)37(43)41(52)49-13-5-7-35(49)39-45-19-33(47-39)25-9-11-30-27-15-26-14-24(8-10-29(26)23(3)28(16-27)21-53-36(30)17-25)32-18-44-38(46-32)34-6-4-12-48(34)40(51)31(42)20-50/h8-11,14-15,17-18,22-23,28,31,34-35,37,39,41,45,50,52H,4-7,12-13,16,19-21,42-43H2,1-3H3,(H,44,46). The number of aromatic nitrogens is 2. The fourth-order valence-electron chi connectivity index (χ4n) is 9.08. The van der Waals surface area contributed by atoms with E-state index in [1.165, 1.54) is 16.7 Å². The summed E-state index contributed by atoms with van der Waals surface area (Å²) in [5.41, 5.74) is 21.1. The van der Waals surface area contributed by atoms with Crippen LogP contribution in [0.4, 0.5) is 0 Å². The van der Waals surface area contributed by atoms with Gasteiger partial charge < -0.3 is 36.3 Å². The number of carbonyl (C=O) groups excluding carboxylic acids is 1. The van der Waals surface area contributed by atoms with E-state index in [1.807, 2.05) is 6.20 Å². The number of ether oxygens (including phenoxy) is 1. The minimum Gasteiger partial charge on any atom is -0.493 e. The molecule has 5 aliphatic rings. The molecule has 0 saturated carbocycles. The summed E-state index contributed by atoms with van der Waals surface area (Å²) in [6.45, 7) is 8.77. The average molecular weight is 723 g/mol. The van der Waals surface area contributed by atoms with Crippen molar-refractivity contribution in [3.05, 3.63) is 70.7 Å². The normalized spacial score (nSPS) is 27.3. The van der Waals surface area contributed by atoms with Gasteiger partial charge in [-0.15, -0.1) is 0 Å². The van der Waals surface area contributed by atoms with Gasteiger partial charge in [-0.2, -0.15) is 0 Å². The molecule has 1 amide bonds. The van der Waals surface area contributed by atoms with Crippen molar-refractivity contribution >= 4 is 23.3 Å². The molecule has 12 heteroatoms. The lowest BCUT2D eigenvalue weighted by atomic mass is 9.84. The van der Waals surface area contributed by atoms with E-state index in [-0.39, 0.29) is 42.7 Å². The third-order valence-corrected chi connectivity index (χ3v) is 12.4. The first-order valence-electron chi connectivity index (χ1n) is 19.4. The lowest BCUT2D eigenvalue weighted by Gasteiger charge is -2.36. The maximum absolute atomic E-state index is 12.8. The molecule has 8 atom stereocenters. The molecule has 1 aliphatic carbocycles. The van der Waals surface area contributed by atoms with E-state index in [4.69, 9.17) is 26.2 Å². The number of rotatable bonds is 9. The number of allylic oxidation sites excluding steroid dienone is 1. The molecule has 3 aromatic rings. The highest BCUT2D eigenvalue weighted by molar-refractivity contribution is 6.04. The second kappa shape index (κ2) is 14.7. The first kappa shape index (κ1) is 36.1. The number of imidazole rings is 1. The topological polar surface area (TPSA) is 178 Å². The summed E-state index contributed by atoms with van der Waals surface area (Å²) in [7, 11) is 0. The third-order valence-electron chi connectivity index (χ3n) is 12.4. The zero-order chi connectivity index (χ0) is 37.0. The van der Waals surface area contributed by atoms with Crippen LogP contribution in [0, 0.1) is 11.8 Å². The molecule has 53 heavy (non-hydrogen) atoms. The van der Waals surface area contributed by atoms with Gasteiger partial charge >= 0.3 is 0 Å². The van der Waals surface area contributed by atoms with Gasteiger partial charge in [0.05, 0.1) is 36.9 Å². The van der Waals surface area contributed by atoms with E-state index in [0.29, 0.717) is 31.5 Å². The number of nitrogens with two attached hydrogens (primary N) is 2. The summed E-state index contributed by atoms with van der Waals surface area (Å²) in [5, 5.41) is 24.1. The van der Waals surface area contributed by atoms with Crippen molar-refractivity contribution in [2.24, 2.45) is 28.3 Å². The number of hydrogen-bond donors (Lipinski definition) is 6. The minimum absolute atomic E-state index is 0.0895. The highest BCUT2D eigenvalue weighted by Crippen LogP contribution is 2.45. The molecule has 5 heterocycles. The van der Waals surface area contributed by atoms with Gasteiger partial charge in [0, 0.05) is 54.3 Å². The van der Waals surface area contributed by atoms with E-state index in [1.54, 1.807) is 4.90 Å². The summed E-state index contributed by atoms with van der Waals surface area (Å²) >= 11 is 0. The van der Waals surface area contributed by atoms with Crippen molar-refractivity contribution in [1.29, 1.82) is 0 Å². The number of nitrogens with zero attached hydrogens (tertiary/aromatic N) is 4. The second-order valence-electron chi connectivity index (χ2n) is 16.0. The maximum Gasteiger partial charge on any atom is 0.242 e. The Balaban J connectivity index is 1.04. The number of aromatic amines is 1. The van der Waals surface area contributed by atoms with Crippen LogP contribution in [0.25, 0.3) is 22.9 Å². The average Bonchev–Trinajstić information content (AvgIpc) is 3.99. The van der Waals surface area contributed by atoms with Crippen LogP contribution in [-0.4, -0.2) is 105 Å². The number of H-pyrrole nitrogens is 1. The number of fused-ring (bicyclic) bond motifs is 5. The lowest BCUT2D eigenvalue weighted by Crippen LogP contribution is -2.55. The number of amides is 1. The van der Waals surface area contributed by atoms with Gasteiger partial charge in [-0.05, 0) is 72.8 Å². The monoisotopic (exact) mass is 722 g/mol. The number of aliphatic hydroxyl groups excluding tert-OH is 2. The number of benzene rings is 2. The summed E-state index contributed by atoms with van der Waals surface area (Å²) in [4.78, 5) is 30.1. The van der Waals surface area contributed by atoms with Gasteiger partial charge in [0.1, 0.15) is 30.0 Å². The zero-order valence-corrected chi connectivity index (χ0v) is 31.0. The van der Waals surface area contributed by atoms with E-state index in [9.17, 15) is 15.0 Å². The van der Waals surface area contributed by atoms with Crippen molar-refractivity contribution in [3.63, 3.8) is 0 Å². The van der Waals surface area contributed by atoms with Crippen molar-refractivity contribution in [2.45, 2.75) is 95.4 Å². The second-order valence-corrected chi connectivity index (χ2v) is 16.0. The Hall–Kier alpha value is -3.91. The Morgan fingerprint density at radius 1 is 1.09 bits per heavy atom. The number of hydrogen-bond acceptors (Lipinski definition) is 10. The highest BCUT2D eigenvalue weighted by atomic mass is 16.5. The SMILES string of the molecule is CC(C)C(N)C(O)N1CCCC1C1N=C(c2ccc3c(c2)OCC2CC3=Cc3cc(-c4cnc(C5CCCN5C(=O)C(N)CO)[nH]4)ccc3C2C)CN1. The molecule has 2 fully saturated rings. The van der Waals surface area contributed by atoms with E-state index in [0.717, 1.165) is 78.3 Å². The van der Waals surface area contributed by atoms with Crippen LogP contribution in [0.3, 0.4) is 0 Å². The molecule has 12 nitrogen and oxygen atoms in total. The molecule has 4 aliphatic heterocycles. The summed E-state index contributed by atoms with van der Waals surface area (Å²) in [5.74, 6) is 2.21. The van der Waals surface area contributed by atoms with Gasteiger partial charge in [-0.3, -0.25) is 20.0 Å². The molecule has 1 aromatic heterocycles. The van der Waals surface area contributed by atoms with Gasteiger partial charge in [0.15, 0.2) is 0 Å². The summed E-state index contributed by atoms with van der Waals surface area (Å²) in [6.07, 6.45) is 8.01. The van der Waals surface area contributed by atoms with Crippen molar-refractivity contribution in [3.8, 4) is 17.0 Å². The third kappa shape index (κ3) is 6.74. The van der Waals surface area contributed by atoms with E-state index < -0.39 is 12.3 Å². The van der Waals surface area contributed by atoms with Crippen LogP contribution >= 0.6 is 0 Å². The molecule has 282 valence electrons. The Bertz CT molecular complexity index is 1910. The molecule has 2 aromatic carbocycles. The fourth-order valence-corrected chi connectivity index (χ4v) is 9.08. The molecule has 0 radical (unpaired) electrons. The fraction of sp³-hybridized carbons (Fsp3) is 0.537. The highest BCUT2D eigenvalue weighted by Gasteiger charge is 2.40. The van der Waals surface area contributed by atoms with Crippen LogP contribution in [-0.2, 0) is 4.79 Å². The Morgan fingerprint density at radius 3 is 2.72 bits per heavy atom. The predicted molar refractivity (Wildman–Crippen MR) is 206 cm³/mol. The molecule has 8 rings (SSSR count). The van der Waals surface area contributed by atoms with Crippen LogP contribution in [0.5, 0.6) is 5.75 Å².